The third-order valence-electron chi connectivity index (χ3n) is 10.1. The van der Waals surface area contributed by atoms with Gasteiger partial charge in [-0.3, -0.25) is 0 Å². The van der Waals surface area contributed by atoms with Gasteiger partial charge < -0.3 is 14.6 Å². The summed E-state index contributed by atoms with van der Waals surface area (Å²) in [5.41, 5.74) is -0.775. The molecule has 0 aromatic carbocycles. The van der Waals surface area contributed by atoms with E-state index in [1.165, 1.54) is 12.5 Å². The van der Waals surface area contributed by atoms with Crippen molar-refractivity contribution in [3.8, 4) is 0 Å². The van der Waals surface area contributed by atoms with E-state index in [9.17, 15) is 15.0 Å². The van der Waals surface area contributed by atoms with Gasteiger partial charge in [0.1, 0.15) is 0 Å². The molecular weight excluding hydrogens is 352 g/mol. The first-order valence-electron chi connectivity index (χ1n) is 11.3. The lowest BCUT2D eigenvalue weighted by Gasteiger charge is -2.65. The topological polar surface area (TPSA) is 70.7 Å². The lowest BCUT2D eigenvalue weighted by atomic mass is 9.42. The molecule has 154 valence electrons. The fourth-order valence-electron chi connectivity index (χ4n) is 8.33. The Labute approximate surface area is 167 Å². The van der Waals surface area contributed by atoms with Crippen molar-refractivity contribution in [2.45, 2.75) is 95.2 Å². The fourth-order valence-corrected chi connectivity index (χ4v) is 8.33. The predicted molar refractivity (Wildman–Crippen MR) is 107 cm³/mol. The maximum absolute atomic E-state index is 12.2. The normalized spacial score (nSPS) is 50.5. The maximum Gasteiger partial charge on any atom is 0.335 e. The lowest BCUT2D eigenvalue weighted by molar-refractivity contribution is -0.245. The highest BCUT2D eigenvalue weighted by molar-refractivity contribution is 5.27. The van der Waals surface area contributed by atoms with Crippen molar-refractivity contribution in [3.05, 3.63) is 34.4 Å². The molecule has 0 saturated heterocycles. The number of aliphatic hydroxyl groups is 2. The van der Waals surface area contributed by atoms with Crippen LogP contribution in [0.2, 0.25) is 0 Å². The van der Waals surface area contributed by atoms with Crippen molar-refractivity contribution in [1.29, 1.82) is 0 Å². The second kappa shape index (κ2) is 5.95. The molecule has 4 nitrogen and oxygen atoms in total. The molecule has 0 spiro atoms. The molecule has 7 atom stereocenters. The van der Waals surface area contributed by atoms with Gasteiger partial charge in [-0.2, -0.15) is 0 Å². The molecule has 4 saturated carbocycles. The quantitative estimate of drug-likeness (QED) is 0.751. The van der Waals surface area contributed by atoms with Crippen LogP contribution in [0, 0.1) is 22.7 Å². The average molecular weight is 387 g/mol. The van der Waals surface area contributed by atoms with E-state index in [0.717, 1.165) is 63.4 Å². The standard InChI is InChI=1S/C24H34O4/c1-21-10-3-4-11-23(21,26)13-8-19-18(21)7-12-22(2)17(9-14-24(19,22)27)16-5-6-20(25)28-15-16/h5-6,15,17-19,26-27H,3-4,7-14H2,1-2H3/t17-,18+,19-,21-,22-,23+,24+/m1/s1. The Morgan fingerprint density at radius 2 is 1.64 bits per heavy atom. The van der Waals surface area contributed by atoms with Crippen molar-refractivity contribution in [1.82, 2.24) is 0 Å². The van der Waals surface area contributed by atoms with Crippen LogP contribution in [0.15, 0.2) is 27.6 Å². The van der Waals surface area contributed by atoms with Crippen LogP contribution >= 0.6 is 0 Å². The fraction of sp³-hybridized carbons (Fsp3) is 0.792. The van der Waals surface area contributed by atoms with Crippen molar-refractivity contribution < 1.29 is 14.6 Å². The van der Waals surface area contributed by atoms with E-state index in [1.54, 1.807) is 6.26 Å². The van der Waals surface area contributed by atoms with Crippen molar-refractivity contribution in [2.24, 2.45) is 22.7 Å². The summed E-state index contributed by atoms with van der Waals surface area (Å²) in [5, 5.41) is 23.7. The van der Waals surface area contributed by atoms with E-state index in [4.69, 9.17) is 4.42 Å². The number of rotatable bonds is 1. The van der Waals surface area contributed by atoms with Crippen LogP contribution in [0.3, 0.4) is 0 Å². The molecule has 4 fully saturated rings. The predicted octanol–water partition coefficient (Wildman–Crippen LogP) is 4.39. The highest BCUT2D eigenvalue weighted by Crippen LogP contribution is 2.71. The Hall–Kier alpha value is -1.13. The zero-order chi connectivity index (χ0) is 19.8. The number of hydrogen-bond donors (Lipinski definition) is 2. The van der Waals surface area contributed by atoms with Gasteiger partial charge in [-0.05, 0) is 86.2 Å². The summed E-state index contributed by atoms with van der Waals surface area (Å²) in [6.07, 6.45) is 11.5. The molecule has 28 heavy (non-hydrogen) atoms. The number of fused-ring (bicyclic) bond motifs is 5. The van der Waals surface area contributed by atoms with Crippen LogP contribution in [0.5, 0.6) is 0 Å². The molecule has 4 heteroatoms. The molecule has 1 aromatic rings. The van der Waals surface area contributed by atoms with Gasteiger partial charge in [-0.25, -0.2) is 4.79 Å². The molecule has 0 radical (unpaired) electrons. The third-order valence-corrected chi connectivity index (χ3v) is 10.1. The first-order chi connectivity index (χ1) is 13.2. The Bertz CT molecular complexity index is 812. The van der Waals surface area contributed by atoms with Crippen molar-refractivity contribution in [2.75, 3.05) is 0 Å². The second-order valence-electron chi connectivity index (χ2n) is 10.8. The average Bonchev–Trinajstić information content (AvgIpc) is 2.94. The SMILES string of the molecule is C[C@]12CCCC[C@]1(O)CC[C@@H]1[C@@H]2CC[C@]2(C)[C@@H](c3ccc(=O)oc3)CC[C@]12O. The molecule has 0 aliphatic heterocycles. The molecule has 2 N–H and O–H groups in total. The summed E-state index contributed by atoms with van der Waals surface area (Å²) >= 11 is 0. The molecule has 0 unspecified atom stereocenters. The van der Waals surface area contributed by atoms with E-state index >= 15 is 0 Å². The van der Waals surface area contributed by atoms with Gasteiger partial charge in [0.05, 0.1) is 17.5 Å². The minimum absolute atomic E-state index is 0.0666. The zero-order valence-corrected chi connectivity index (χ0v) is 17.2. The van der Waals surface area contributed by atoms with Gasteiger partial charge in [-0.15, -0.1) is 0 Å². The van der Waals surface area contributed by atoms with E-state index in [-0.39, 0.29) is 28.3 Å². The minimum Gasteiger partial charge on any atom is -0.431 e. The monoisotopic (exact) mass is 386 g/mol. The van der Waals surface area contributed by atoms with Crippen LogP contribution < -0.4 is 5.63 Å². The summed E-state index contributed by atoms with van der Waals surface area (Å²) in [4.78, 5) is 11.4. The van der Waals surface area contributed by atoms with Crippen LogP contribution in [-0.2, 0) is 0 Å². The largest absolute Gasteiger partial charge is 0.431 e. The summed E-state index contributed by atoms with van der Waals surface area (Å²) in [6.45, 7) is 4.57. The number of hydrogen-bond acceptors (Lipinski definition) is 4. The third kappa shape index (κ3) is 2.22. The second-order valence-corrected chi connectivity index (χ2v) is 10.8. The summed E-state index contributed by atoms with van der Waals surface area (Å²) < 4.78 is 5.16. The molecular formula is C24H34O4. The molecule has 4 aliphatic carbocycles. The van der Waals surface area contributed by atoms with E-state index < -0.39 is 11.2 Å². The van der Waals surface area contributed by atoms with Crippen LogP contribution in [0.1, 0.15) is 89.5 Å². The van der Waals surface area contributed by atoms with Gasteiger partial charge in [0.25, 0.3) is 0 Å². The van der Waals surface area contributed by atoms with Gasteiger partial charge in [0.2, 0.25) is 0 Å². The Morgan fingerprint density at radius 3 is 2.39 bits per heavy atom. The van der Waals surface area contributed by atoms with Crippen LogP contribution in [0.25, 0.3) is 0 Å². The Balaban J connectivity index is 1.52. The first-order valence-corrected chi connectivity index (χ1v) is 11.3. The molecule has 1 aromatic heterocycles. The first kappa shape index (κ1) is 18.9. The van der Waals surface area contributed by atoms with E-state index in [2.05, 4.69) is 13.8 Å². The Kier molecular flexibility index (Phi) is 4.01. The van der Waals surface area contributed by atoms with Crippen molar-refractivity contribution >= 4 is 0 Å². The lowest BCUT2D eigenvalue weighted by Crippen LogP contribution is -2.66. The van der Waals surface area contributed by atoms with Gasteiger partial charge >= 0.3 is 5.63 Å². The Morgan fingerprint density at radius 1 is 0.893 bits per heavy atom. The highest BCUT2D eigenvalue weighted by Gasteiger charge is 2.69. The molecule has 0 amide bonds. The van der Waals surface area contributed by atoms with Crippen molar-refractivity contribution in [3.63, 3.8) is 0 Å². The zero-order valence-electron chi connectivity index (χ0n) is 17.2. The summed E-state index contributed by atoms with van der Waals surface area (Å²) in [7, 11) is 0. The van der Waals surface area contributed by atoms with Crippen LogP contribution in [-0.4, -0.2) is 21.4 Å². The molecule has 4 aliphatic rings. The molecule has 5 rings (SSSR count). The summed E-state index contributed by atoms with van der Waals surface area (Å²) in [5.74, 6) is 0.884. The maximum atomic E-state index is 12.2. The minimum atomic E-state index is -0.696. The van der Waals surface area contributed by atoms with Crippen LogP contribution in [0.4, 0.5) is 0 Å². The van der Waals surface area contributed by atoms with E-state index in [0.29, 0.717) is 5.92 Å². The van der Waals surface area contributed by atoms with Gasteiger partial charge in [-0.1, -0.05) is 26.7 Å². The van der Waals surface area contributed by atoms with Gasteiger partial charge in [0, 0.05) is 11.5 Å². The van der Waals surface area contributed by atoms with E-state index in [1.807, 2.05) is 6.07 Å². The molecule has 1 heterocycles. The summed E-state index contributed by atoms with van der Waals surface area (Å²) in [6, 6.07) is 3.40. The molecule has 0 bridgehead atoms. The van der Waals surface area contributed by atoms with Gasteiger partial charge in [0.15, 0.2) is 0 Å². The highest BCUT2D eigenvalue weighted by atomic mass is 16.4. The smallest absolute Gasteiger partial charge is 0.335 e.